The topological polar surface area (TPSA) is 76.0 Å². The molecule has 16 heavy (non-hydrogen) atoms. The van der Waals surface area contributed by atoms with E-state index in [-0.39, 0.29) is 5.69 Å². The average Bonchev–Trinajstić information content (AvgIpc) is 2.30. The van der Waals surface area contributed by atoms with Crippen molar-refractivity contribution in [1.82, 2.24) is 15.0 Å². The molecule has 0 aromatic carbocycles. The van der Waals surface area contributed by atoms with Crippen molar-refractivity contribution in [2.24, 2.45) is 0 Å². The van der Waals surface area contributed by atoms with Crippen molar-refractivity contribution in [2.45, 2.75) is 6.92 Å². The van der Waals surface area contributed by atoms with Crippen LogP contribution >= 0.6 is 0 Å². The molecule has 0 saturated heterocycles. The van der Waals surface area contributed by atoms with Gasteiger partial charge in [0.05, 0.1) is 17.6 Å². The van der Waals surface area contributed by atoms with Gasteiger partial charge in [-0.1, -0.05) is 0 Å². The third-order valence-electron chi connectivity index (χ3n) is 2.12. The Kier molecular flexibility index (Phi) is 2.59. The number of carbonyl (C=O) groups is 1. The summed E-state index contributed by atoms with van der Waals surface area (Å²) in [6.07, 6.45) is 4.80. The van der Waals surface area contributed by atoms with Gasteiger partial charge in [0.2, 0.25) is 0 Å². The monoisotopic (exact) mass is 215 g/mol. The average molecular weight is 215 g/mol. The lowest BCUT2D eigenvalue weighted by molar-refractivity contribution is 0.0689. The van der Waals surface area contributed by atoms with Crippen LogP contribution in [-0.4, -0.2) is 26.0 Å². The highest BCUT2D eigenvalue weighted by molar-refractivity contribution is 5.87. The first-order valence-corrected chi connectivity index (χ1v) is 4.66. The molecule has 0 atom stereocenters. The zero-order chi connectivity index (χ0) is 11.5. The Morgan fingerprint density at radius 2 is 2.19 bits per heavy atom. The van der Waals surface area contributed by atoms with E-state index in [4.69, 9.17) is 5.11 Å². The lowest BCUT2D eigenvalue weighted by Gasteiger charge is -2.03. The molecule has 0 saturated carbocycles. The van der Waals surface area contributed by atoms with Gasteiger partial charge in [0, 0.05) is 18.0 Å². The van der Waals surface area contributed by atoms with E-state index in [1.165, 1.54) is 0 Å². The van der Waals surface area contributed by atoms with Crippen LogP contribution in [0.15, 0.2) is 30.7 Å². The van der Waals surface area contributed by atoms with Gasteiger partial charge >= 0.3 is 5.97 Å². The minimum Gasteiger partial charge on any atom is -0.476 e. The van der Waals surface area contributed by atoms with Gasteiger partial charge in [-0.15, -0.1) is 0 Å². The molecule has 2 aromatic heterocycles. The summed E-state index contributed by atoms with van der Waals surface area (Å²) in [6.45, 7) is 1.61. The van der Waals surface area contributed by atoms with Crippen LogP contribution in [0.5, 0.6) is 0 Å². The van der Waals surface area contributed by atoms with Crippen LogP contribution < -0.4 is 0 Å². The number of aromatic nitrogens is 3. The highest BCUT2D eigenvalue weighted by Gasteiger charge is 2.11. The summed E-state index contributed by atoms with van der Waals surface area (Å²) in [6, 6.07) is 3.56. The maximum atomic E-state index is 10.9. The van der Waals surface area contributed by atoms with Gasteiger partial charge < -0.3 is 5.11 Å². The normalized spacial score (nSPS) is 10.1. The summed E-state index contributed by atoms with van der Waals surface area (Å²) in [5, 5.41) is 8.92. The van der Waals surface area contributed by atoms with E-state index in [0.717, 1.165) is 5.56 Å². The van der Waals surface area contributed by atoms with Crippen molar-refractivity contribution < 1.29 is 9.90 Å². The number of pyridine rings is 1. The van der Waals surface area contributed by atoms with Gasteiger partial charge in [-0.05, 0) is 19.1 Å². The fraction of sp³-hybridized carbons (Fsp3) is 0.0909. The molecular weight excluding hydrogens is 206 g/mol. The molecule has 5 heteroatoms. The number of carboxylic acids is 1. The molecule has 0 aliphatic rings. The quantitative estimate of drug-likeness (QED) is 0.822. The van der Waals surface area contributed by atoms with E-state index >= 15 is 0 Å². The number of hydrogen-bond acceptors (Lipinski definition) is 4. The number of hydrogen-bond donors (Lipinski definition) is 1. The Morgan fingerprint density at radius 1 is 1.38 bits per heavy atom. The Bertz CT molecular complexity index is 526. The number of aromatic carboxylic acids is 1. The first kappa shape index (κ1) is 10.2. The number of nitrogens with zero attached hydrogens (tertiary/aromatic N) is 3. The van der Waals surface area contributed by atoms with Crippen LogP contribution in [-0.2, 0) is 0 Å². The summed E-state index contributed by atoms with van der Waals surface area (Å²) in [5.41, 5.74) is 1.63. The molecule has 2 rings (SSSR count). The van der Waals surface area contributed by atoms with Crippen molar-refractivity contribution >= 4 is 5.97 Å². The maximum Gasteiger partial charge on any atom is 0.356 e. The van der Waals surface area contributed by atoms with Crippen molar-refractivity contribution in [3.63, 3.8) is 0 Å². The summed E-state index contributed by atoms with van der Waals surface area (Å²) in [4.78, 5) is 22.9. The van der Waals surface area contributed by atoms with Crippen LogP contribution in [0.3, 0.4) is 0 Å². The summed E-state index contributed by atoms with van der Waals surface area (Å²) >= 11 is 0. The standard InChI is InChI=1S/C11H9N3O2/c1-7-10(11(15)16)14-9(6-13-7)8-3-2-4-12-5-8/h2-6H,1H3,(H,15,16). The minimum absolute atomic E-state index is 0.0265. The predicted octanol–water partition coefficient (Wildman–Crippen LogP) is 1.55. The van der Waals surface area contributed by atoms with Crippen molar-refractivity contribution in [2.75, 3.05) is 0 Å². The molecule has 1 N–H and O–H groups in total. The third-order valence-corrected chi connectivity index (χ3v) is 2.12. The van der Waals surface area contributed by atoms with Crippen molar-refractivity contribution in [3.8, 4) is 11.3 Å². The number of aryl methyl sites for hydroxylation is 1. The largest absolute Gasteiger partial charge is 0.476 e. The molecule has 0 spiro atoms. The lowest BCUT2D eigenvalue weighted by atomic mass is 10.2. The molecule has 0 radical (unpaired) electrons. The van der Waals surface area contributed by atoms with Crippen LogP contribution in [0.4, 0.5) is 0 Å². The Morgan fingerprint density at radius 3 is 2.81 bits per heavy atom. The van der Waals surface area contributed by atoms with Crippen LogP contribution in [0.25, 0.3) is 11.3 Å². The van der Waals surface area contributed by atoms with Gasteiger partial charge in [0.15, 0.2) is 5.69 Å². The molecule has 0 bridgehead atoms. The molecular formula is C11H9N3O2. The molecule has 2 aromatic rings. The van der Waals surface area contributed by atoms with Crippen molar-refractivity contribution in [3.05, 3.63) is 42.1 Å². The number of carboxylic acid groups (broad SMARTS) is 1. The molecule has 0 fully saturated rings. The van der Waals surface area contributed by atoms with E-state index in [2.05, 4.69) is 15.0 Å². The highest BCUT2D eigenvalue weighted by atomic mass is 16.4. The van der Waals surface area contributed by atoms with E-state index in [1.54, 1.807) is 37.6 Å². The van der Waals surface area contributed by atoms with Crippen LogP contribution in [0.2, 0.25) is 0 Å². The van der Waals surface area contributed by atoms with E-state index in [1.807, 2.05) is 0 Å². The highest BCUT2D eigenvalue weighted by Crippen LogP contribution is 2.15. The Labute approximate surface area is 91.8 Å². The Balaban J connectivity index is 2.52. The molecule has 0 aliphatic carbocycles. The molecule has 5 nitrogen and oxygen atoms in total. The Hall–Kier alpha value is -2.30. The molecule has 0 aliphatic heterocycles. The fourth-order valence-corrected chi connectivity index (χ4v) is 1.31. The van der Waals surface area contributed by atoms with Gasteiger partial charge in [0.1, 0.15) is 0 Å². The second-order valence-electron chi connectivity index (χ2n) is 3.24. The smallest absolute Gasteiger partial charge is 0.356 e. The minimum atomic E-state index is -1.07. The van der Waals surface area contributed by atoms with Crippen molar-refractivity contribution in [1.29, 1.82) is 0 Å². The zero-order valence-corrected chi connectivity index (χ0v) is 8.58. The zero-order valence-electron chi connectivity index (χ0n) is 8.58. The predicted molar refractivity (Wildman–Crippen MR) is 57.0 cm³/mol. The fourth-order valence-electron chi connectivity index (χ4n) is 1.31. The molecule has 0 amide bonds. The summed E-state index contributed by atoms with van der Waals surface area (Å²) < 4.78 is 0. The second kappa shape index (κ2) is 4.06. The first-order valence-electron chi connectivity index (χ1n) is 4.66. The summed E-state index contributed by atoms with van der Waals surface area (Å²) in [5.74, 6) is -1.07. The number of rotatable bonds is 2. The lowest BCUT2D eigenvalue weighted by Crippen LogP contribution is -2.06. The van der Waals surface area contributed by atoms with Crippen LogP contribution in [0, 0.1) is 6.92 Å². The van der Waals surface area contributed by atoms with E-state index in [9.17, 15) is 4.79 Å². The first-order chi connectivity index (χ1) is 7.68. The van der Waals surface area contributed by atoms with E-state index in [0.29, 0.717) is 11.4 Å². The SMILES string of the molecule is Cc1ncc(-c2cccnc2)nc1C(=O)O. The van der Waals surface area contributed by atoms with Gasteiger partial charge in [-0.2, -0.15) is 0 Å². The molecule has 80 valence electrons. The molecule has 2 heterocycles. The maximum absolute atomic E-state index is 10.9. The van der Waals surface area contributed by atoms with Gasteiger partial charge in [-0.25, -0.2) is 9.78 Å². The molecule has 0 unspecified atom stereocenters. The van der Waals surface area contributed by atoms with Gasteiger partial charge in [-0.3, -0.25) is 9.97 Å². The second-order valence-corrected chi connectivity index (χ2v) is 3.24. The summed E-state index contributed by atoms with van der Waals surface area (Å²) in [7, 11) is 0. The van der Waals surface area contributed by atoms with E-state index < -0.39 is 5.97 Å². The van der Waals surface area contributed by atoms with Crippen LogP contribution in [0.1, 0.15) is 16.2 Å². The third kappa shape index (κ3) is 1.88. The van der Waals surface area contributed by atoms with Gasteiger partial charge in [0.25, 0.3) is 0 Å².